The number of hydrogen-bond acceptors (Lipinski definition) is 5. The Hall–Kier alpha value is -3.36. The number of hydrogen-bond donors (Lipinski definition) is 3. The van der Waals surface area contributed by atoms with Crippen molar-refractivity contribution in [2.75, 3.05) is 19.7 Å². The summed E-state index contributed by atoms with van der Waals surface area (Å²) in [4.78, 5) is 55.6. The summed E-state index contributed by atoms with van der Waals surface area (Å²) in [7, 11) is 0. The van der Waals surface area contributed by atoms with Crippen molar-refractivity contribution in [3.05, 3.63) is 30.0 Å². The number of amides is 3. The molecule has 0 unspecified atom stereocenters. The zero-order valence-electron chi connectivity index (χ0n) is 20.3. The zero-order valence-corrected chi connectivity index (χ0v) is 20.3. The number of carbonyl (C=O) groups is 4. The molecule has 1 aliphatic carbocycles. The zero-order chi connectivity index (χ0) is 24.9. The smallest absolute Gasteiger partial charge is 0.271 e. The predicted octanol–water partition coefficient (Wildman–Crippen LogP) is 1.87. The summed E-state index contributed by atoms with van der Waals surface area (Å²) in [6, 6.07) is 5.96. The molecule has 5 atom stereocenters. The summed E-state index contributed by atoms with van der Waals surface area (Å²) in [6.45, 7) is 7.72. The molecule has 0 spiro atoms. The molecule has 1 saturated carbocycles. The third kappa shape index (κ3) is 3.96. The number of piperidine rings is 1. The first-order chi connectivity index (χ1) is 16.8. The minimum absolute atomic E-state index is 0.0249. The van der Waals surface area contributed by atoms with E-state index in [4.69, 9.17) is 4.74 Å². The Bertz CT molecular complexity index is 1190. The Morgan fingerprint density at radius 2 is 2.14 bits per heavy atom. The van der Waals surface area contributed by atoms with Crippen molar-refractivity contribution in [3.63, 3.8) is 0 Å². The van der Waals surface area contributed by atoms with Crippen molar-refractivity contribution in [3.8, 4) is 5.75 Å². The summed E-state index contributed by atoms with van der Waals surface area (Å²) >= 11 is 0. The second kappa shape index (κ2) is 8.70. The Morgan fingerprint density at radius 3 is 2.83 bits per heavy atom. The van der Waals surface area contributed by atoms with E-state index in [1.807, 2.05) is 25.1 Å². The quantitative estimate of drug-likeness (QED) is 0.498. The molecule has 2 aliphatic heterocycles. The number of aldehydes is 1. The lowest BCUT2D eigenvalue weighted by molar-refractivity contribution is -0.129. The van der Waals surface area contributed by atoms with E-state index in [9.17, 15) is 19.2 Å². The lowest BCUT2D eigenvalue weighted by Crippen LogP contribution is -2.52. The van der Waals surface area contributed by atoms with Gasteiger partial charge in [0.1, 0.15) is 23.8 Å². The SMILES string of the molecule is CCOc1cccc2[nH]c(C(=O)N3C[C@H]4[C@@H]([C@H]3C(=O)N[C@H](C=O)C[C@@H]3CCNC3=O)C4(C)C)cc12. The fourth-order valence-corrected chi connectivity index (χ4v) is 6.07. The summed E-state index contributed by atoms with van der Waals surface area (Å²) in [6.07, 6.45) is 1.60. The molecule has 9 heteroatoms. The highest BCUT2D eigenvalue weighted by molar-refractivity contribution is 6.02. The lowest BCUT2D eigenvalue weighted by atomic mass is 9.97. The van der Waals surface area contributed by atoms with E-state index in [0.29, 0.717) is 43.8 Å². The predicted molar refractivity (Wildman–Crippen MR) is 129 cm³/mol. The standard InChI is InChI=1S/C26H32N4O5/c1-4-35-20-7-5-6-18-16(20)11-19(29-18)25(34)30-12-17-21(26(17,2)3)22(30)24(33)28-15(13-31)10-14-8-9-27-23(14)32/h5-7,11,13-15,17,21-22,29H,4,8-10,12H2,1-3H3,(H,27,32)(H,28,33)/t14-,15-,17-,21-,22-/m0/s1. The second-order valence-electron chi connectivity index (χ2n) is 10.5. The van der Waals surface area contributed by atoms with Gasteiger partial charge in [0.25, 0.3) is 5.91 Å². The molecular weight excluding hydrogens is 448 g/mol. The molecule has 2 aromatic rings. The highest BCUT2D eigenvalue weighted by Crippen LogP contribution is 2.65. The van der Waals surface area contributed by atoms with Gasteiger partial charge in [0.05, 0.1) is 12.6 Å². The van der Waals surface area contributed by atoms with Gasteiger partial charge < -0.3 is 30.0 Å². The maximum atomic E-state index is 13.6. The van der Waals surface area contributed by atoms with Gasteiger partial charge in [-0.25, -0.2) is 0 Å². The number of carbonyl (C=O) groups excluding carboxylic acids is 4. The highest BCUT2D eigenvalue weighted by Gasteiger charge is 2.69. The van der Waals surface area contributed by atoms with Crippen LogP contribution in [0.1, 0.15) is 44.1 Å². The van der Waals surface area contributed by atoms with Crippen molar-refractivity contribution in [2.24, 2.45) is 23.2 Å². The number of fused-ring (bicyclic) bond motifs is 2. The van der Waals surface area contributed by atoms with Crippen LogP contribution in [0, 0.1) is 23.2 Å². The van der Waals surface area contributed by atoms with Gasteiger partial charge in [-0.3, -0.25) is 14.4 Å². The third-order valence-corrected chi connectivity index (χ3v) is 8.09. The number of nitrogens with one attached hydrogen (secondary N) is 3. The maximum Gasteiger partial charge on any atom is 0.271 e. The van der Waals surface area contributed by atoms with Gasteiger partial charge in [-0.2, -0.15) is 0 Å². The fraction of sp³-hybridized carbons (Fsp3) is 0.538. The molecule has 35 heavy (non-hydrogen) atoms. The average molecular weight is 481 g/mol. The minimum atomic E-state index is -0.768. The van der Waals surface area contributed by atoms with Crippen LogP contribution in [0.5, 0.6) is 5.75 Å². The number of aromatic nitrogens is 1. The number of benzene rings is 1. The van der Waals surface area contributed by atoms with Crippen LogP contribution in [-0.4, -0.2) is 65.7 Å². The van der Waals surface area contributed by atoms with E-state index in [2.05, 4.69) is 29.5 Å². The van der Waals surface area contributed by atoms with Crippen LogP contribution in [0.15, 0.2) is 24.3 Å². The molecule has 5 rings (SSSR count). The number of H-pyrrole nitrogens is 1. The minimum Gasteiger partial charge on any atom is -0.493 e. The van der Waals surface area contributed by atoms with E-state index in [-0.39, 0.29) is 47.3 Å². The van der Waals surface area contributed by atoms with Crippen molar-refractivity contribution < 1.29 is 23.9 Å². The fourth-order valence-electron chi connectivity index (χ4n) is 6.07. The van der Waals surface area contributed by atoms with Crippen molar-refractivity contribution in [2.45, 2.75) is 45.7 Å². The molecular formula is C26H32N4O5. The van der Waals surface area contributed by atoms with Crippen LogP contribution >= 0.6 is 0 Å². The molecule has 3 aliphatic rings. The van der Waals surface area contributed by atoms with Gasteiger partial charge in [-0.15, -0.1) is 0 Å². The number of nitrogens with zero attached hydrogens (tertiary/aromatic N) is 1. The molecule has 3 fully saturated rings. The summed E-state index contributed by atoms with van der Waals surface area (Å²) in [5, 5.41) is 6.41. The van der Waals surface area contributed by atoms with E-state index in [1.165, 1.54) is 0 Å². The molecule has 3 heterocycles. The van der Waals surface area contributed by atoms with Gasteiger partial charge in [0.15, 0.2) is 0 Å². The Labute approximate surface area is 203 Å². The first kappa shape index (κ1) is 23.4. The van der Waals surface area contributed by atoms with Crippen LogP contribution in [0.4, 0.5) is 0 Å². The Kier molecular flexibility index (Phi) is 5.81. The molecule has 3 amide bonds. The van der Waals surface area contributed by atoms with E-state index in [1.54, 1.807) is 11.0 Å². The molecule has 1 aromatic carbocycles. The molecule has 1 aromatic heterocycles. The molecule has 2 saturated heterocycles. The highest BCUT2D eigenvalue weighted by atomic mass is 16.5. The normalized spacial score (nSPS) is 27.3. The topological polar surface area (TPSA) is 121 Å². The lowest BCUT2D eigenvalue weighted by Gasteiger charge is -2.30. The molecule has 186 valence electrons. The van der Waals surface area contributed by atoms with Gasteiger partial charge in [-0.1, -0.05) is 19.9 Å². The monoisotopic (exact) mass is 480 g/mol. The van der Waals surface area contributed by atoms with Crippen LogP contribution in [-0.2, 0) is 14.4 Å². The third-order valence-electron chi connectivity index (χ3n) is 8.09. The van der Waals surface area contributed by atoms with Crippen molar-refractivity contribution in [1.29, 1.82) is 0 Å². The summed E-state index contributed by atoms with van der Waals surface area (Å²) in [5.41, 5.74) is 1.14. The number of rotatable bonds is 8. The first-order valence-electron chi connectivity index (χ1n) is 12.3. The average Bonchev–Trinajstić information content (AvgIpc) is 3.34. The van der Waals surface area contributed by atoms with E-state index >= 15 is 0 Å². The second-order valence-corrected chi connectivity index (χ2v) is 10.5. The van der Waals surface area contributed by atoms with Gasteiger partial charge in [-0.05, 0) is 55.2 Å². The number of ether oxygens (including phenoxy) is 1. The number of aromatic amines is 1. The molecule has 9 nitrogen and oxygen atoms in total. The number of likely N-dealkylation sites (tertiary alicyclic amines) is 1. The van der Waals surface area contributed by atoms with E-state index in [0.717, 1.165) is 10.9 Å². The van der Waals surface area contributed by atoms with Crippen LogP contribution < -0.4 is 15.4 Å². The van der Waals surface area contributed by atoms with Crippen molar-refractivity contribution >= 4 is 34.9 Å². The molecule has 0 bridgehead atoms. The van der Waals surface area contributed by atoms with Gasteiger partial charge in [0, 0.05) is 29.9 Å². The van der Waals surface area contributed by atoms with E-state index < -0.39 is 12.1 Å². The van der Waals surface area contributed by atoms with Crippen LogP contribution in [0.2, 0.25) is 0 Å². The summed E-state index contributed by atoms with van der Waals surface area (Å²) < 4.78 is 5.70. The Morgan fingerprint density at radius 1 is 1.34 bits per heavy atom. The maximum absolute atomic E-state index is 13.6. The van der Waals surface area contributed by atoms with Crippen LogP contribution in [0.3, 0.4) is 0 Å². The summed E-state index contributed by atoms with van der Waals surface area (Å²) in [5.74, 6) is -0.00889. The van der Waals surface area contributed by atoms with Gasteiger partial charge in [0.2, 0.25) is 11.8 Å². The Balaban J connectivity index is 1.37. The van der Waals surface area contributed by atoms with Crippen molar-refractivity contribution in [1.82, 2.24) is 20.5 Å². The first-order valence-corrected chi connectivity index (χ1v) is 12.3. The molecule has 0 radical (unpaired) electrons. The van der Waals surface area contributed by atoms with Crippen LogP contribution in [0.25, 0.3) is 10.9 Å². The largest absolute Gasteiger partial charge is 0.493 e. The molecule has 3 N–H and O–H groups in total. The van der Waals surface area contributed by atoms with Gasteiger partial charge >= 0.3 is 0 Å².